The van der Waals surface area contributed by atoms with E-state index in [1.54, 1.807) is 19.9 Å². The number of aliphatic hydroxyl groups is 1. The zero-order valence-corrected chi connectivity index (χ0v) is 17.6. The van der Waals surface area contributed by atoms with Crippen LogP contribution in [-0.4, -0.2) is 41.1 Å². The lowest BCUT2D eigenvalue weighted by Gasteiger charge is -2.60. The molecule has 8 nitrogen and oxygen atoms in total. The van der Waals surface area contributed by atoms with Crippen LogP contribution in [0, 0.1) is 17.3 Å². The highest BCUT2D eigenvalue weighted by molar-refractivity contribution is 7.81. The summed E-state index contributed by atoms with van der Waals surface area (Å²) in [6.45, 7) is 6.95. The first-order chi connectivity index (χ1) is 13.2. The molecule has 0 aromatic heterocycles. The van der Waals surface area contributed by atoms with Gasteiger partial charge in [0.2, 0.25) is 5.91 Å². The highest BCUT2D eigenvalue weighted by Gasteiger charge is 2.59. The Hall–Kier alpha value is -1.71. The van der Waals surface area contributed by atoms with Gasteiger partial charge >= 0.3 is 16.4 Å². The molecular weight excluding hydrogens is 398 g/mol. The Kier molecular flexibility index (Phi) is 5.47. The van der Waals surface area contributed by atoms with E-state index >= 15 is 0 Å². The number of hydrogen-bond donors (Lipinski definition) is 3. The average molecular weight is 428 g/mol. The lowest BCUT2D eigenvalue weighted by atomic mass is 9.46. The fraction of sp³-hybridized carbons (Fsp3) is 0.700. The van der Waals surface area contributed by atoms with Gasteiger partial charge in [-0.25, -0.2) is 4.79 Å². The van der Waals surface area contributed by atoms with E-state index in [1.807, 2.05) is 0 Å². The molecule has 4 aliphatic rings. The number of hydrogen-bond acceptors (Lipinski definition) is 6. The number of nitrogens with one attached hydrogen (secondary N) is 1. The third-order valence-electron chi connectivity index (χ3n) is 6.47. The van der Waals surface area contributed by atoms with Gasteiger partial charge < -0.3 is 14.6 Å². The molecule has 162 valence electrons. The highest BCUT2D eigenvalue weighted by atomic mass is 32.3. The topological polar surface area (TPSA) is 130 Å². The fourth-order valence-electron chi connectivity index (χ4n) is 5.98. The van der Waals surface area contributed by atoms with Gasteiger partial charge in [-0.15, -0.1) is 0 Å². The van der Waals surface area contributed by atoms with E-state index in [1.165, 1.54) is 0 Å². The van der Waals surface area contributed by atoms with E-state index in [0.717, 1.165) is 12.5 Å². The molecule has 4 bridgehead atoms. The molecule has 0 radical (unpaired) electrons. The first-order valence-corrected chi connectivity index (χ1v) is 11.2. The van der Waals surface area contributed by atoms with E-state index < -0.39 is 32.9 Å². The van der Waals surface area contributed by atoms with Crippen LogP contribution in [0.3, 0.4) is 0 Å². The maximum absolute atomic E-state index is 12.8. The van der Waals surface area contributed by atoms with Crippen LogP contribution in [0.25, 0.3) is 0 Å². The van der Waals surface area contributed by atoms with Crippen molar-refractivity contribution in [2.24, 2.45) is 17.3 Å². The predicted molar refractivity (Wildman–Crippen MR) is 105 cm³/mol. The summed E-state index contributed by atoms with van der Waals surface area (Å²) in [6.07, 6.45) is 7.03. The molecule has 1 amide bonds. The summed E-state index contributed by atoms with van der Waals surface area (Å²) in [7, 11) is -4.97. The quantitative estimate of drug-likeness (QED) is 0.419. The van der Waals surface area contributed by atoms with E-state index in [4.69, 9.17) is 4.55 Å². The van der Waals surface area contributed by atoms with E-state index in [0.29, 0.717) is 32.1 Å². The van der Waals surface area contributed by atoms with E-state index in [9.17, 15) is 23.1 Å². The molecular formula is C20H29NO7S. The molecule has 0 aromatic carbocycles. The second kappa shape index (κ2) is 7.21. The monoisotopic (exact) mass is 427 g/mol. The Morgan fingerprint density at radius 1 is 1.24 bits per heavy atom. The van der Waals surface area contributed by atoms with Crippen molar-refractivity contribution >= 4 is 22.3 Å². The third-order valence-corrected chi connectivity index (χ3v) is 6.83. The molecule has 4 fully saturated rings. The third kappa shape index (κ3) is 4.90. The van der Waals surface area contributed by atoms with Crippen LogP contribution in [0.4, 0.5) is 0 Å². The van der Waals surface area contributed by atoms with Gasteiger partial charge in [0, 0.05) is 16.5 Å². The molecule has 0 heterocycles. The number of carbonyl (C=O) groups excluding carboxylic acids is 2. The van der Waals surface area contributed by atoms with E-state index in [-0.39, 0.29) is 29.7 Å². The summed E-state index contributed by atoms with van der Waals surface area (Å²) in [6, 6.07) is 0. The van der Waals surface area contributed by atoms with E-state index in [2.05, 4.69) is 16.1 Å². The number of carbonyl (C=O) groups is 2. The largest absolute Gasteiger partial charge is 0.449 e. The van der Waals surface area contributed by atoms with Crippen LogP contribution in [0.1, 0.15) is 58.8 Å². The number of rotatable bonds is 7. The second-order valence-corrected chi connectivity index (χ2v) is 10.7. The summed E-state index contributed by atoms with van der Waals surface area (Å²) in [5.74, 6) is -0.966. The normalized spacial score (nSPS) is 34.0. The molecule has 9 heteroatoms. The van der Waals surface area contributed by atoms with Crippen molar-refractivity contribution in [3.63, 3.8) is 0 Å². The van der Waals surface area contributed by atoms with Crippen molar-refractivity contribution < 1.29 is 31.8 Å². The standard InChI is InChI=1S/C20H29NO7S/c1-4-16(22)21-18(2,3)6-5-15(17(23)28-29(25,26)27)19-8-13-7-14(9-19)11-20(24,10-13)12-19/h4-5,13-14,24H,1,6-12H2,2-3H3,(H,21,22)(H,25,26,27)/b15-5+. The molecule has 0 aliphatic heterocycles. The maximum atomic E-state index is 12.8. The summed E-state index contributed by atoms with van der Waals surface area (Å²) in [5, 5.41) is 13.8. The van der Waals surface area contributed by atoms with Crippen LogP contribution in [0.15, 0.2) is 24.3 Å². The van der Waals surface area contributed by atoms with Crippen molar-refractivity contribution in [3.05, 3.63) is 24.3 Å². The minimum absolute atomic E-state index is 0.156. The molecule has 4 aliphatic carbocycles. The molecule has 0 spiro atoms. The summed E-state index contributed by atoms with van der Waals surface area (Å²) in [5.41, 5.74) is -2.13. The van der Waals surface area contributed by atoms with Gasteiger partial charge in [-0.1, -0.05) is 12.7 Å². The summed E-state index contributed by atoms with van der Waals surface area (Å²) in [4.78, 5) is 24.4. The highest BCUT2D eigenvalue weighted by Crippen LogP contribution is 2.64. The molecule has 4 saturated carbocycles. The van der Waals surface area contributed by atoms with Gasteiger partial charge in [0.1, 0.15) is 0 Å². The molecule has 0 aromatic rings. The zero-order chi connectivity index (χ0) is 21.7. The lowest BCUT2D eigenvalue weighted by molar-refractivity contribution is -0.158. The zero-order valence-electron chi connectivity index (χ0n) is 16.8. The Morgan fingerprint density at radius 3 is 2.31 bits per heavy atom. The Bertz CT molecular complexity index is 844. The van der Waals surface area contributed by atoms with Crippen molar-refractivity contribution in [2.45, 2.75) is 69.9 Å². The Labute approximate surface area is 171 Å². The predicted octanol–water partition coefficient (Wildman–Crippen LogP) is 2.06. The fourth-order valence-corrected chi connectivity index (χ4v) is 6.26. The van der Waals surface area contributed by atoms with Crippen LogP contribution in [-0.2, 0) is 24.2 Å². The second-order valence-electron chi connectivity index (χ2n) is 9.66. The average Bonchev–Trinajstić information content (AvgIpc) is 2.49. The SMILES string of the molecule is C=CC(=O)NC(C)(C)C/C=C(\C(=O)OS(=O)(=O)O)C12CC3CC(CC(O)(C3)C1)C2. The van der Waals surface area contributed by atoms with Crippen LogP contribution in [0.2, 0.25) is 0 Å². The molecule has 29 heavy (non-hydrogen) atoms. The Morgan fingerprint density at radius 2 is 1.83 bits per heavy atom. The van der Waals surface area contributed by atoms with Crippen LogP contribution in [0.5, 0.6) is 0 Å². The van der Waals surface area contributed by atoms with Gasteiger partial charge in [0.25, 0.3) is 0 Å². The first kappa shape index (κ1) is 22.0. The smallest absolute Gasteiger partial charge is 0.390 e. The van der Waals surface area contributed by atoms with Crippen molar-refractivity contribution in [1.29, 1.82) is 0 Å². The molecule has 4 rings (SSSR count). The van der Waals surface area contributed by atoms with Crippen LogP contribution >= 0.6 is 0 Å². The first-order valence-electron chi connectivity index (χ1n) is 9.84. The van der Waals surface area contributed by atoms with Gasteiger partial charge in [-0.05, 0) is 76.7 Å². The minimum atomic E-state index is -4.97. The Balaban J connectivity index is 1.95. The summed E-state index contributed by atoms with van der Waals surface area (Å²) < 4.78 is 35.7. The molecule has 3 N–H and O–H groups in total. The van der Waals surface area contributed by atoms with Crippen molar-refractivity contribution in [2.75, 3.05) is 0 Å². The molecule has 2 atom stereocenters. The minimum Gasteiger partial charge on any atom is -0.390 e. The van der Waals surface area contributed by atoms with Crippen molar-refractivity contribution in [3.8, 4) is 0 Å². The lowest BCUT2D eigenvalue weighted by Crippen LogP contribution is -2.57. The van der Waals surface area contributed by atoms with Gasteiger partial charge in [-0.2, -0.15) is 8.42 Å². The summed E-state index contributed by atoms with van der Waals surface area (Å²) >= 11 is 0. The van der Waals surface area contributed by atoms with Gasteiger partial charge in [-0.3, -0.25) is 9.35 Å². The van der Waals surface area contributed by atoms with Gasteiger partial charge in [0.15, 0.2) is 0 Å². The van der Waals surface area contributed by atoms with Crippen LogP contribution < -0.4 is 5.32 Å². The number of amides is 1. The van der Waals surface area contributed by atoms with Crippen molar-refractivity contribution in [1.82, 2.24) is 5.32 Å². The maximum Gasteiger partial charge on any atom is 0.449 e. The van der Waals surface area contributed by atoms with Gasteiger partial charge in [0.05, 0.1) is 5.60 Å². The molecule has 0 saturated heterocycles. The molecule has 2 unspecified atom stereocenters.